The van der Waals surface area contributed by atoms with Crippen molar-refractivity contribution in [3.05, 3.63) is 12.7 Å². The van der Waals surface area contributed by atoms with E-state index in [2.05, 4.69) is 13.5 Å². The van der Waals surface area contributed by atoms with E-state index < -0.39 is 13.0 Å². The molecular weight excluding hydrogens is 437 g/mol. The SMILES string of the molecule is C=CCCCCCCCCCCCCCCCCCCCCCC(CCC)(P(=O)=O)[N+](C)(C)C. The number of rotatable bonds is 26. The maximum Gasteiger partial charge on any atom is 0.378 e. The standard InChI is InChI=1S/C30H61NO2P/c1-6-8-9-10-11-12-13-14-15-16-17-18-19-20-21-22-23-24-25-26-27-29-30(28-7-2,34(32)33)31(3,4)5/h6H,1,7-29H2,2-5H3/q+1. The first-order valence-corrected chi connectivity index (χ1v) is 16.1. The largest absolute Gasteiger partial charge is 0.378 e. The Bertz CT molecular complexity index is 530. The van der Waals surface area contributed by atoms with Crippen LogP contribution >= 0.6 is 7.68 Å². The Morgan fingerprint density at radius 2 is 0.912 bits per heavy atom. The van der Waals surface area contributed by atoms with E-state index in [1.165, 1.54) is 122 Å². The van der Waals surface area contributed by atoms with E-state index in [1.807, 2.05) is 27.2 Å². The average Bonchev–Trinajstić information content (AvgIpc) is 2.78. The summed E-state index contributed by atoms with van der Waals surface area (Å²) in [6.07, 6.45) is 31.6. The predicted molar refractivity (Wildman–Crippen MR) is 151 cm³/mol. The van der Waals surface area contributed by atoms with Crippen LogP contribution in [0.5, 0.6) is 0 Å². The lowest BCUT2D eigenvalue weighted by molar-refractivity contribution is -0.908. The molecule has 0 amide bonds. The molecule has 0 aromatic heterocycles. The molecule has 0 aliphatic rings. The van der Waals surface area contributed by atoms with Gasteiger partial charge in [0.05, 0.1) is 21.1 Å². The van der Waals surface area contributed by atoms with E-state index in [-0.39, 0.29) is 0 Å². The molecule has 3 nitrogen and oxygen atoms in total. The second kappa shape index (κ2) is 21.8. The lowest BCUT2D eigenvalue weighted by atomic mass is 9.99. The fourth-order valence-electron chi connectivity index (χ4n) is 5.33. The lowest BCUT2D eigenvalue weighted by Crippen LogP contribution is -2.53. The van der Waals surface area contributed by atoms with Crippen LogP contribution in [-0.2, 0) is 9.13 Å². The van der Waals surface area contributed by atoms with E-state index >= 15 is 0 Å². The third-order valence-corrected chi connectivity index (χ3v) is 9.45. The summed E-state index contributed by atoms with van der Waals surface area (Å²) in [6, 6.07) is 0. The number of unbranched alkanes of at least 4 members (excludes halogenated alkanes) is 19. The first-order chi connectivity index (χ1) is 16.3. The molecule has 1 atom stereocenters. The van der Waals surface area contributed by atoms with Gasteiger partial charge in [-0.05, 0) is 25.7 Å². The summed E-state index contributed by atoms with van der Waals surface area (Å²) in [4.78, 5) is 0. The highest BCUT2D eigenvalue weighted by Crippen LogP contribution is 2.44. The number of hydrogen-bond acceptors (Lipinski definition) is 2. The Morgan fingerprint density at radius 1 is 0.588 bits per heavy atom. The van der Waals surface area contributed by atoms with Crippen molar-refractivity contribution in [2.24, 2.45) is 0 Å². The molecule has 0 fully saturated rings. The summed E-state index contributed by atoms with van der Waals surface area (Å²) in [5.74, 6) is 0. The van der Waals surface area contributed by atoms with Crippen molar-refractivity contribution in [3.63, 3.8) is 0 Å². The molecule has 0 saturated heterocycles. The van der Waals surface area contributed by atoms with Crippen LogP contribution in [0.4, 0.5) is 0 Å². The summed E-state index contributed by atoms with van der Waals surface area (Å²) >= 11 is 0. The Labute approximate surface area is 215 Å². The molecule has 0 aromatic carbocycles. The zero-order chi connectivity index (χ0) is 25.5. The van der Waals surface area contributed by atoms with E-state index in [0.29, 0.717) is 4.48 Å². The first kappa shape index (κ1) is 33.6. The highest BCUT2D eigenvalue weighted by molar-refractivity contribution is 7.32. The molecule has 0 aromatic rings. The molecule has 202 valence electrons. The highest BCUT2D eigenvalue weighted by atomic mass is 31.1. The second-order valence-corrected chi connectivity index (χ2v) is 12.9. The van der Waals surface area contributed by atoms with Gasteiger partial charge in [0.1, 0.15) is 0 Å². The van der Waals surface area contributed by atoms with Gasteiger partial charge in [0.25, 0.3) is 0 Å². The fraction of sp³-hybridized carbons (Fsp3) is 0.933. The topological polar surface area (TPSA) is 34.1 Å². The minimum Gasteiger partial charge on any atom is -0.314 e. The minimum atomic E-state index is -2.42. The second-order valence-electron chi connectivity index (χ2n) is 11.5. The van der Waals surface area contributed by atoms with Gasteiger partial charge in [0, 0.05) is 12.8 Å². The first-order valence-electron chi connectivity index (χ1n) is 14.9. The fourth-order valence-corrected chi connectivity index (χ4v) is 6.56. The summed E-state index contributed by atoms with van der Waals surface area (Å²) in [6.45, 7) is 5.88. The van der Waals surface area contributed by atoms with Crippen LogP contribution in [0.15, 0.2) is 12.7 Å². The average molecular weight is 499 g/mol. The quantitative estimate of drug-likeness (QED) is 0.0514. The van der Waals surface area contributed by atoms with Crippen LogP contribution in [0.2, 0.25) is 0 Å². The van der Waals surface area contributed by atoms with Crippen molar-refractivity contribution in [2.45, 2.75) is 160 Å². The number of hydrogen-bond donors (Lipinski definition) is 0. The maximum absolute atomic E-state index is 12.1. The molecule has 0 heterocycles. The summed E-state index contributed by atoms with van der Waals surface area (Å²) in [5.41, 5.74) is 0. The molecule has 0 radical (unpaired) electrons. The van der Waals surface area contributed by atoms with Crippen LogP contribution in [0.1, 0.15) is 155 Å². The van der Waals surface area contributed by atoms with E-state index in [0.717, 1.165) is 25.7 Å². The van der Waals surface area contributed by atoms with Crippen molar-refractivity contribution in [3.8, 4) is 0 Å². The van der Waals surface area contributed by atoms with E-state index in [9.17, 15) is 9.13 Å². The predicted octanol–water partition coefficient (Wildman–Crippen LogP) is 10.7. The van der Waals surface area contributed by atoms with Crippen LogP contribution in [0.3, 0.4) is 0 Å². The Morgan fingerprint density at radius 3 is 1.18 bits per heavy atom. The van der Waals surface area contributed by atoms with Crippen molar-refractivity contribution in [2.75, 3.05) is 21.1 Å². The normalized spacial score (nSPS) is 13.6. The molecule has 0 saturated carbocycles. The van der Waals surface area contributed by atoms with Gasteiger partial charge in [-0.2, -0.15) is 0 Å². The maximum atomic E-state index is 12.1. The zero-order valence-corrected chi connectivity index (χ0v) is 24.7. The Kier molecular flexibility index (Phi) is 21.6. The van der Waals surface area contributed by atoms with E-state index in [1.54, 1.807) is 0 Å². The van der Waals surface area contributed by atoms with E-state index in [4.69, 9.17) is 0 Å². The van der Waals surface area contributed by atoms with Gasteiger partial charge in [-0.1, -0.05) is 122 Å². The summed E-state index contributed by atoms with van der Waals surface area (Å²) in [7, 11) is 3.69. The number of quaternary nitrogens is 1. The lowest BCUT2D eigenvalue weighted by Gasteiger charge is -2.41. The Hall–Kier alpha value is -0.400. The molecule has 0 spiro atoms. The third-order valence-electron chi connectivity index (χ3n) is 7.72. The van der Waals surface area contributed by atoms with Gasteiger partial charge >= 0.3 is 7.68 Å². The number of allylic oxidation sites excluding steroid dienone is 1. The molecule has 0 N–H and O–H groups in total. The van der Waals surface area contributed by atoms with Gasteiger partial charge in [-0.15, -0.1) is 6.58 Å². The van der Waals surface area contributed by atoms with Gasteiger partial charge in [-0.3, -0.25) is 0 Å². The molecular formula is C30H61NO2P+. The van der Waals surface area contributed by atoms with Gasteiger partial charge in [0.2, 0.25) is 5.28 Å². The van der Waals surface area contributed by atoms with Crippen molar-refractivity contribution >= 4 is 7.68 Å². The monoisotopic (exact) mass is 498 g/mol. The summed E-state index contributed by atoms with van der Waals surface area (Å²) in [5, 5.41) is -0.588. The zero-order valence-electron chi connectivity index (χ0n) is 23.8. The molecule has 0 rings (SSSR count). The van der Waals surface area contributed by atoms with Crippen LogP contribution in [0, 0.1) is 0 Å². The van der Waals surface area contributed by atoms with Crippen molar-refractivity contribution in [1.82, 2.24) is 0 Å². The highest BCUT2D eigenvalue weighted by Gasteiger charge is 2.47. The molecule has 0 aliphatic carbocycles. The van der Waals surface area contributed by atoms with Gasteiger partial charge in [0.15, 0.2) is 0 Å². The Balaban J connectivity index is 3.50. The molecule has 1 unspecified atom stereocenters. The summed E-state index contributed by atoms with van der Waals surface area (Å²) < 4.78 is 24.8. The smallest absolute Gasteiger partial charge is 0.314 e. The number of nitrogens with zero attached hydrogens (tertiary/aromatic N) is 1. The van der Waals surface area contributed by atoms with Crippen molar-refractivity contribution < 1.29 is 13.6 Å². The van der Waals surface area contributed by atoms with Gasteiger partial charge in [-0.25, -0.2) is 9.13 Å². The molecule has 4 heteroatoms. The van der Waals surface area contributed by atoms with Crippen LogP contribution in [0.25, 0.3) is 0 Å². The minimum absolute atomic E-state index is 0.524. The van der Waals surface area contributed by atoms with Crippen LogP contribution < -0.4 is 0 Å². The van der Waals surface area contributed by atoms with Crippen molar-refractivity contribution in [1.29, 1.82) is 0 Å². The van der Waals surface area contributed by atoms with Crippen LogP contribution in [-0.4, -0.2) is 30.9 Å². The molecule has 34 heavy (non-hydrogen) atoms. The van der Waals surface area contributed by atoms with Gasteiger partial charge < -0.3 is 4.48 Å². The third kappa shape index (κ3) is 16.3. The molecule has 0 aliphatic heterocycles. The molecule has 0 bridgehead atoms.